The molecule has 2 heterocycles. The van der Waals surface area contributed by atoms with Crippen molar-refractivity contribution in [1.82, 2.24) is 16.0 Å². The first kappa shape index (κ1) is 25.3. The molecule has 2 amide bonds. The van der Waals surface area contributed by atoms with Crippen molar-refractivity contribution in [3.05, 3.63) is 46.9 Å². The molecular formula is C23H30N6O4S. The van der Waals surface area contributed by atoms with E-state index in [2.05, 4.69) is 16.0 Å². The molecule has 0 spiro atoms. The van der Waals surface area contributed by atoms with Crippen LogP contribution in [0.1, 0.15) is 24.1 Å². The molecule has 1 aliphatic heterocycles. The van der Waals surface area contributed by atoms with E-state index in [9.17, 15) is 19.5 Å². The number of aliphatic carboxylic acids is 1. The van der Waals surface area contributed by atoms with Crippen molar-refractivity contribution in [2.45, 2.75) is 43.8 Å². The zero-order valence-electron chi connectivity index (χ0n) is 18.7. The van der Waals surface area contributed by atoms with Gasteiger partial charge in [-0.25, -0.2) is 4.79 Å². The van der Waals surface area contributed by atoms with Crippen molar-refractivity contribution in [3.63, 3.8) is 0 Å². The first-order chi connectivity index (χ1) is 16.2. The largest absolute Gasteiger partial charge is 0.480 e. The third-order valence-corrected chi connectivity index (χ3v) is 6.69. The van der Waals surface area contributed by atoms with E-state index in [-0.39, 0.29) is 37.6 Å². The van der Waals surface area contributed by atoms with Crippen LogP contribution in [-0.4, -0.2) is 59.9 Å². The number of carbonyl (C=O) groups is 3. The predicted molar refractivity (Wildman–Crippen MR) is 132 cm³/mol. The number of hydrogen-bond acceptors (Lipinski definition) is 7. The van der Waals surface area contributed by atoms with Crippen LogP contribution in [0.5, 0.6) is 0 Å². The average molecular weight is 487 g/mol. The summed E-state index contributed by atoms with van der Waals surface area (Å²) in [6, 6.07) is 7.53. The molecule has 0 saturated carbocycles. The maximum atomic E-state index is 12.3. The monoisotopic (exact) mass is 486 g/mol. The Labute approximate surface area is 201 Å². The molecule has 0 bridgehead atoms. The summed E-state index contributed by atoms with van der Waals surface area (Å²) in [7, 11) is 0. The molecule has 3 unspecified atom stereocenters. The molecule has 3 atom stereocenters. The minimum Gasteiger partial charge on any atom is -0.480 e. The van der Waals surface area contributed by atoms with Gasteiger partial charge in [-0.15, -0.1) is 11.3 Å². The fraction of sp³-hybridized carbons (Fsp3) is 0.391. The Morgan fingerprint density at radius 2 is 2.03 bits per heavy atom. The van der Waals surface area contributed by atoms with Crippen molar-refractivity contribution in [1.29, 1.82) is 5.41 Å². The van der Waals surface area contributed by atoms with Crippen LogP contribution in [0.3, 0.4) is 0 Å². The second-order valence-corrected chi connectivity index (χ2v) is 9.36. The third-order valence-electron chi connectivity index (χ3n) is 5.56. The van der Waals surface area contributed by atoms with E-state index in [1.807, 2.05) is 36.4 Å². The van der Waals surface area contributed by atoms with Gasteiger partial charge in [0.2, 0.25) is 11.8 Å². The number of fused-ring (bicyclic) bond motifs is 1. The molecular weight excluding hydrogens is 456 g/mol. The molecule has 0 saturated heterocycles. The second kappa shape index (κ2) is 11.7. The fourth-order valence-electron chi connectivity index (χ4n) is 3.81. The Morgan fingerprint density at radius 3 is 2.74 bits per heavy atom. The Hall–Kier alpha value is -3.28. The van der Waals surface area contributed by atoms with Crippen LogP contribution in [0.15, 0.2) is 42.0 Å². The molecule has 3 rings (SSSR count). The lowest BCUT2D eigenvalue weighted by molar-refractivity contribution is -0.141. The topological polar surface area (TPSA) is 183 Å². The van der Waals surface area contributed by atoms with Gasteiger partial charge in [-0.3, -0.25) is 15.0 Å². The molecule has 11 heteroatoms. The lowest BCUT2D eigenvalue weighted by Gasteiger charge is -2.18. The van der Waals surface area contributed by atoms with Crippen LogP contribution in [0.25, 0.3) is 10.1 Å². The van der Waals surface area contributed by atoms with E-state index in [0.717, 1.165) is 20.5 Å². The summed E-state index contributed by atoms with van der Waals surface area (Å²) in [6.07, 6.45) is 2.79. The van der Waals surface area contributed by atoms with Crippen LogP contribution in [-0.2, 0) is 20.8 Å². The van der Waals surface area contributed by atoms with Gasteiger partial charge in [0.15, 0.2) is 0 Å². The Bertz CT molecular complexity index is 1070. The standard InChI is InChI=1S/C23H30N6O4S/c24-16(11-14-7-9-27-20(14)21(25)26)22(31)28-8-3-6-19(30)29-17(23(32)33)12-15-10-13-4-1-2-5-18(13)34-15/h1-2,4-5,7,10,16-17,20,27H,3,6,8-9,11-12,24H2,(H3,25,26)(H,28,31)(H,29,30)(H,32,33). The van der Waals surface area contributed by atoms with Gasteiger partial charge in [-0.1, -0.05) is 24.3 Å². The van der Waals surface area contributed by atoms with E-state index in [1.54, 1.807) is 0 Å². The third kappa shape index (κ3) is 6.86. The number of hydrogen-bond donors (Lipinski definition) is 7. The molecule has 2 aromatic rings. The van der Waals surface area contributed by atoms with Gasteiger partial charge in [0.1, 0.15) is 11.9 Å². The second-order valence-electron chi connectivity index (χ2n) is 8.19. The molecule has 0 radical (unpaired) electrons. The number of rotatable bonds is 12. The molecule has 1 aromatic heterocycles. The zero-order chi connectivity index (χ0) is 24.7. The molecule has 182 valence electrons. The molecule has 9 N–H and O–H groups in total. The molecule has 34 heavy (non-hydrogen) atoms. The normalized spacial score (nSPS) is 17.1. The van der Waals surface area contributed by atoms with E-state index in [0.29, 0.717) is 13.0 Å². The molecule has 1 aromatic carbocycles. The quantitative estimate of drug-likeness (QED) is 0.0983. The minimum absolute atomic E-state index is 0.0191. The molecule has 0 fully saturated rings. The van der Waals surface area contributed by atoms with Crippen molar-refractivity contribution in [2.75, 3.05) is 13.1 Å². The van der Waals surface area contributed by atoms with E-state index in [4.69, 9.17) is 16.9 Å². The minimum atomic E-state index is -1.09. The highest BCUT2D eigenvalue weighted by atomic mass is 32.1. The van der Waals surface area contributed by atoms with E-state index in [1.165, 1.54) is 11.3 Å². The van der Waals surface area contributed by atoms with Crippen LogP contribution in [0.4, 0.5) is 0 Å². The number of amides is 2. The van der Waals surface area contributed by atoms with Gasteiger partial charge in [-0.05, 0) is 35.9 Å². The summed E-state index contributed by atoms with van der Waals surface area (Å²) < 4.78 is 1.07. The van der Waals surface area contributed by atoms with Crippen LogP contribution >= 0.6 is 11.3 Å². The van der Waals surface area contributed by atoms with Crippen LogP contribution in [0, 0.1) is 5.41 Å². The number of carboxylic acid groups (broad SMARTS) is 1. The Balaban J connectivity index is 1.39. The maximum absolute atomic E-state index is 12.3. The number of nitrogens with two attached hydrogens (primary N) is 2. The molecule has 1 aliphatic rings. The summed E-state index contributed by atoms with van der Waals surface area (Å²) in [5.41, 5.74) is 12.3. The summed E-state index contributed by atoms with van der Waals surface area (Å²) in [6.45, 7) is 0.810. The highest BCUT2D eigenvalue weighted by Gasteiger charge is 2.25. The Kier molecular flexibility index (Phi) is 8.74. The highest BCUT2D eigenvalue weighted by Crippen LogP contribution is 2.26. The number of benzene rings is 1. The first-order valence-electron chi connectivity index (χ1n) is 11.0. The van der Waals surface area contributed by atoms with E-state index < -0.39 is 30.0 Å². The SMILES string of the molecule is N=C(N)C1NCC=C1CC(N)C(=O)NCCCC(=O)NC(Cc1cc2ccccc2s1)C(=O)O. The molecule has 10 nitrogen and oxygen atoms in total. The number of carboxylic acids is 1. The van der Waals surface area contributed by atoms with E-state index >= 15 is 0 Å². The van der Waals surface area contributed by atoms with Gasteiger partial charge in [0.25, 0.3) is 0 Å². The van der Waals surface area contributed by atoms with Crippen LogP contribution < -0.4 is 27.4 Å². The number of thiophene rings is 1. The maximum Gasteiger partial charge on any atom is 0.326 e. The summed E-state index contributed by atoms with van der Waals surface area (Å²) >= 11 is 1.51. The van der Waals surface area contributed by atoms with Gasteiger partial charge < -0.3 is 32.5 Å². The Morgan fingerprint density at radius 1 is 1.26 bits per heavy atom. The molecule has 0 aliphatic carbocycles. The lowest BCUT2D eigenvalue weighted by atomic mass is 10.0. The highest BCUT2D eigenvalue weighted by molar-refractivity contribution is 7.19. The predicted octanol–water partition coefficient (Wildman–Crippen LogP) is 0.461. The first-order valence-corrected chi connectivity index (χ1v) is 11.9. The van der Waals surface area contributed by atoms with Crippen molar-refractivity contribution < 1.29 is 19.5 Å². The van der Waals surface area contributed by atoms with Gasteiger partial charge in [0.05, 0.1) is 12.1 Å². The number of carbonyl (C=O) groups excluding carboxylic acids is 2. The van der Waals surface area contributed by atoms with Crippen molar-refractivity contribution in [3.8, 4) is 0 Å². The number of nitrogens with one attached hydrogen (secondary N) is 4. The van der Waals surface area contributed by atoms with Gasteiger partial charge >= 0.3 is 5.97 Å². The smallest absolute Gasteiger partial charge is 0.326 e. The van der Waals surface area contributed by atoms with Gasteiger partial charge in [-0.2, -0.15) is 0 Å². The fourth-order valence-corrected chi connectivity index (χ4v) is 4.92. The average Bonchev–Trinajstić information content (AvgIpc) is 3.42. The van der Waals surface area contributed by atoms with Gasteiger partial charge in [0, 0.05) is 35.5 Å². The number of amidine groups is 1. The lowest BCUT2D eigenvalue weighted by Crippen LogP contribution is -2.44. The van der Waals surface area contributed by atoms with Crippen molar-refractivity contribution >= 4 is 45.0 Å². The van der Waals surface area contributed by atoms with Crippen LogP contribution in [0.2, 0.25) is 0 Å². The summed E-state index contributed by atoms with van der Waals surface area (Å²) in [5, 5.41) is 26.4. The summed E-state index contributed by atoms with van der Waals surface area (Å²) in [4.78, 5) is 37.1. The summed E-state index contributed by atoms with van der Waals surface area (Å²) in [5.74, 6) is -1.86. The zero-order valence-corrected chi connectivity index (χ0v) is 19.5. The van der Waals surface area contributed by atoms with Crippen molar-refractivity contribution in [2.24, 2.45) is 11.5 Å².